The number of hydrogen-bond acceptors (Lipinski definition) is 5. The van der Waals surface area contributed by atoms with E-state index in [1.807, 2.05) is 0 Å². The van der Waals surface area contributed by atoms with Gasteiger partial charge in [0.15, 0.2) is 0 Å². The third-order valence-electron chi connectivity index (χ3n) is 4.76. The number of nitrogens with zero attached hydrogens (tertiary/aromatic N) is 1. The minimum atomic E-state index is -3.49. The van der Waals surface area contributed by atoms with Crippen LogP contribution in [-0.2, 0) is 19.1 Å². The highest BCUT2D eigenvalue weighted by atomic mass is 32.2. The second-order valence-corrected chi connectivity index (χ2v) is 7.99. The molecule has 4 bridgehead atoms. The number of hydrogen-bond donors (Lipinski definition) is 0. The fraction of sp³-hybridized carbons (Fsp3) is 0.923. The summed E-state index contributed by atoms with van der Waals surface area (Å²) in [6, 6.07) is 0. The van der Waals surface area contributed by atoms with Gasteiger partial charge < -0.3 is 4.84 Å². The second-order valence-electron chi connectivity index (χ2n) is 6.42. The number of fused-ring (bicyclic) bond motifs is 1. The maximum atomic E-state index is 11.7. The molecule has 4 saturated carbocycles. The van der Waals surface area contributed by atoms with Crippen molar-refractivity contribution >= 4 is 15.8 Å². The predicted octanol–water partition coefficient (Wildman–Crippen LogP) is 1.93. The van der Waals surface area contributed by atoms with Crippen molar-refractivity contribution in [3.05, 3.63) is 0 Å². The summed E-state index contributed by atoms with van der Waals surface area (Å²) in [4.78, 5) is 4.95. The monoisotopic (exact) mass is 287 g/mol. The van der Waals surface area contributed by atoms with Gasteiger partial charge in [-0.25, -0.2) is 0 Å². The first-order valence-electron chi connectivity index (χ1n) is 6.91. The molecule has 0 aromatic rings. The predicted molar refractivity (Wildman–Crippen MR) is 71.3 cm³/mol. The molecule has 4 fully saturated rings. The van der Waals surface area contributed by atoms with E-state index >= 15 is 0 Å². The highest BCUT2D eigenvalue weighted by Gasteiger charge is 2.54. The zero-order chi connectivity index (χ0) is 13.7. The van der Waals surface area contributed by atoms with Crippen molar-refractivity contribution in [1.82, 2.24) is 0 Å². The summed E-state index contributed by atoms with van der Waals surface area (Å²) in [5.41, 5.74) is 0.0673. The third-order valence-corrected chi connectivity index (χ3v) is 5.38. The molecule has 0 aliphatic heterocycles. The van der Waals surface area contributed by atoms with Crippen molar-refractivity contribution in [3.8, 4) is 0 Å². The van der Waals surface area contributed by atoms with Crippen LogP contribution in [0.5, 0.6) is 0 Å². The van der Waals surface area contributed by atoms with Gasteiger partial charge in [-0.15, -0.1) is 0 Å². The van der Waals surface area contributed by atoms with Crippen LogP contribution in [0.25, 0.3) is 0 Å². The van der Waals surface area contributed by atoms with Crippen LogP contribution in [0.4, 0.5) is 0 Å². The first kappa shape index (κ1) is 13.4. The molecule has 0 aromatic carbocycles. The maximum absolute atomic E-state index is 11.7. The van der Waals surface area contributed by atoms with Crippen LogP contribution in [0.15, 0.2) is 5.16 Å². The summed E-state index contributed by atoms with van der Waals surface area (Å²) in [5.74, 6) is 1.76. The summed E-state index contributed by atoms with van der Waals surface area (Å²) in [6.07, 6.45) is 7.06. The van der Waals surface area contributed by atoms with E-state index in [1.165, 1.54) is 26.4 Å². The Balaban J connectivity index is 2.03. The molecule has 4 rings (SSSR count). The van der Waals surface area contributed by atoms with E-state index in [0.29, 0.717) is 17.8 Å². The Bertz CT molecular complexity index is 485. The molecular formula is C13H21NO4S. The second kappa shape index (κ2) is 4.45. The van der Waals surface area contributed by atoms with Crippen molar-refractivity contribution in [2.45, 2.75) is 44.1 Å². The molecule has 5 nitrogen and oxygen atoms in total. The van der Waals surface area contributed by atoms with E-state index in [4.69, 9.17) is 9.02 Å². The van der Waals surface area contributed by atoms with Crippen LogP contribution in [0, 0.1) is 17.8 Å². The van der Waals surface area contributed by atoms with Crippen LogP contribution < -0.4 is 0 Å². The van der Waals surface area contributed by atoms with E-state index in [1.54, 1.807) is 0 Å². The Hall–Kier alpha value is -0.620. The molecule has 6 heteroatoms. The van der Waals surface area contributed by atoms with Gasteiger partial charge in [0, 0.05) is 0 Å². The van der Waals surface area contributed by atoms with Crippen LogP contribution in [-0.4, -0.2) is 33.1 Å². The minimum Gasteiger partial charge on any atom is -0.399 e. The van der Waals surface area contributed by atoms with Gasteiger partial charge >= 0.3 is 0 Å². The molecule has 0 N–H and O–H groups in total. The lowest BCUT2D eigenvalue weighted by Crippen LogP contribution is -2.47. The van der Waals surface area contributed by atoms with Crippen LogP contribution in [0.3, 0.4) is 0 Å². The largest absolute Gasteiger partial charge is 0.399 e. The molecule has 4 atom stereocenters. The average Bonchev–Trinajstić information content (AvgIpc) is 2.38. The summed E-state index contributed by atoms with van der Waals surface area (Å²) in [5, 5.41) is 4.12. The SMILES string of the molecule is CO/N=C1\CC2C[C@@H]3C[C@H](C2)CC1(OS(C)(=O)=O)C3. The molecule has 2 unspecified atom stereocenters. The van der Waals surface area contributed by atoms with E-state index in [-0.39, 0.29) is 0 Å². The molecule has 108 valence electrons. The van der Waals surface area contributed by atoms with Gasteiger partial charge in [0.1, 0.15) is 12.7 Å². The molecule has 0 saturated heterocycles. The highest BCUT2D eigenvalue weighted by Crippen LogP contribution is 2.53. The van der Waals surface area contributed by atoms with Gasteiger partial charge in [-0.1, -0.05) is 5.16 Å². The van der Waals surface area contributed by atoms with Crippen molar-refractivity contribution in [2.24, 2.45) is 22.9 Å². The summed E-state index contributed by atoms with van der Waals surface area (Å²) in [7, 11) is -1.98. The zero-order valence-electron chi connectivity index (χ0n) is 11.5. The molecule has 0 radical (unpaired) electrons. The zero-order valence-corrected chi connectivity index (χ0v) is 12.3. The maximum Gasteiger partial charge on any atom is 0.265 e. The van der Waals surface area contributed by atoms with Gasteiger partial charge in [0.2, 0.25) is 0 Å². The Morgan fingerprint density at radius 1 is 1.16 bits per heavy atom. The fourth-order valence-corrected chi connectivity index (χ4v) is 5.36. The minimum absolute atomic E-state index is 0.573. The Morgan fingerprint density at radius 2 is 1.74 bits per heavy atom. The molecule has 0 aromatic heterocycles. The van der Waals surface area contributed by atoms with Crippen LogP contribution in [0.1, 0.15) is 38.5 Å². The van der Waals surface area contributed by atoms with E-state index in [0.717, 1.165) is 31.2 Å². The van der Waals surface area contributed by atoms with Gasteiger partial charge in [0.25, 0.3) is 10.1 Å². The number of oxime groups is 1. The van der Waals surface area contributed by atoms with Crippen molar-refractivity contribution in [3.63, 3.8) is 0 Å². The summed E-state index contributed by atoms with van der Waals surface area (Å²) in [6.45, 7) is 0. The molecule has 0 heterocycles. The van der Waals surface area contributed by atoms with Crippen LogP contribution in [0.2, 0.25) is 0 Å². The summed E-state index contributed by atoms with van der Waals surface area (Å²) < 4.78 is 28.9. The van der Waals surface area contributed by atoms with Gasteiger partial charge in [-0.2, -0.15) is 8.42 Å². The number of rotatable bonds is 3. The molecule has 4 aliphatic carbocycles. The molecule has 0 spiro atoms. The Morgan fingerprint density at radius 3 is 2.26 bits per heavy atom. The van der Waals surface area contributed by atoms with Crippen molar-refractivity contribution < 1.29 is 17.4 Å². The third kappa shape index (κ3) is 2.52. The highest BCUT2D eigenvalue weighted by molar-refractivity contribution is 7.86. The quantitative estimate of drug-likeness (QED) is 0.587. The first-order valence-corrected chi connectivity index (χ1v) is 8.73. The Labute approximate surface area is 114 Å². The molecule has 4 aliphatic rings. The van der Waals surface area contributed by atoms with Crippen LogP contribution >= 0.6 is 0 Å². The lowest BCUT2D eigenvalue weighted by molar-refractivity contribution is 0.0230. The lowest BCUT2D eigenvalue weighted by Gasteiger charge is -2.43. The van der Waals surface area contributed by atoms with Gasteiger partial charge in [-0.05, 0) is 56.3 Å². The lowest BCUT2D eigenvalue weighted by atomic mass is 9.66. The molecule has 19 heavy (non-hydrogen) atoms. The fourth-order valence-electron chi connectivity index (χ4n) is 4.55. The van der Waals surface area contributed by atoms with E-state index in [9.17, 15) is 8.42 Å². The molecule has 0 amide bonds. The normalized spacial score (nSPS) is 43.5. The summed E-state index contributed by atoms with van der Waals surface area (Å²) >= 11 is 0. The van der Waals surface area contributed by atoms with E-state index in [2.05, 4.69) is 5.16 Å². The van der Waals surface area contributed by atoms with Crippen molar-refractivity contribution in [1.29, 1.82) is 0 Å². The Kier molecular flexibility index (Phi) is 3.13. The van der Waals surface area contributed by atoms with E-state index < -0.39 is 15.7 Å². The van der Waals surface area contributed by atoms with Gasteiger partial charge in [-0.3, -0.25) is 4.18 Å². The topological polar surface area (TPSA) is 65.0 Å². The van der Waals surface area contributed by atoms with Gasteiger partial charge in [0.05, 0.1) is 12.0 Å². The standard InChI is InChI=1S/C13H21NO4S/c1-17-14-12-6-9-3-10-5-11(4-9)8-13(12,7-10)18-19(2,15)16/h9-11H,3-8H2,1-2H3/b14-12+/t9?,10-,11+,13?. The molecular weight excluding hydrogens is 266 g/mol. The average molecular weight is 287 g/mol. The van der Waals surface area contributed by atoms with Crippen molar-refractivity contribution in [2.75, 3.05) is 13.4 Å². The first-order chi connectivity index (χ1) is 8.90. The smallest absolute Gasteiger partial charge is 0.265 e.